The Morgan fingerprint density at radius 1 is 1.82 bits per heavy atom. The van der Waals surface area contributed by atoms with Crippen LogP contribution in [0.25, 0.3) is 0 Å². The lowest BCUT2D eigenvalue weighted by atomic mass is 10.2. The fraction of sp³-hybridized carbons (Fsp3) is 0.625. The topological polar surface area (TPSA) is 29.5 Å². The Kier molecular flexibility index (Phi) is 1.16. The molecule has 2 aliphatic heterocycles. The Hall–Kier alpha value is -0.830. The van der Waals surface area contributed by atoms with Crippen LogP contribution < -0.4 is 0 Å². The minimum atomic E-state index is -0.448. The molecule has 2 aliphatic rings. The van der Waals surface area contributed by atoms with E-state index in [1.54, 1.807) is 11.0 Å². The predicted octanol–water partition coefficient (Wildman–Crippen LogP) is 0.520. The highest BCUT2D eigenvalue weighted by Gasteiger charge is 2.46. The van der Waals surface area contributed by atoms with Gasteiger partial charge in [-0.05, 0) is 19.9 Å². The van der Waals surface area contributed by atoms with Gasteiger partial charge < -0.3 is 9.64 Å². The highest BCUT2D eigenvalue weighted by Crippen LogP contribution is 2.32. The van der Waals surface area contributed by atoms with Gasteiger partial charge in [-0.25, -0.2) is 0 Å². The highest BCUT2D eigenvalue weighted by atomic mass is 16.5. The fourth-order valence-electron chi connectivity index (χ4n) is 1.74. The largest absolute Gasteiger partial charge is 0.350 e. The second-order valence-corrected chi connectivity index (χ2v) is 3.26. The standard InChI is InChI=1S/C8H11NO2/c1-6-5-11-8(2)4-3-7(10)9(6)8/h3-4,6H,5H2,1-2H3/t6-,8-/m1/s1. The third kappa shape index (κ3) is 0.744. The molecule has 0 spiro atoms. The maximum Gasteiger partial charge on any atom is 0.249 e. The molecule has 1 saturated heterocycles. The summed E-state index contributed by atoms with van der Waals surface area (Å²) in [5, 5.41) is 0. The third-order valence-corrected chi connectivity index (χ3v) is 2.31. The predicted molar refractivity (Wildman–Crippen MR) is 39.8 cm³/mol. The van der Waals surface area contributed by atoms with E-state index < -0.39 is 5.72 Å². The van der Waals surface area contributed by atoms with Crippen LogP contribution >= 0.6 is 0 Å². The molecule has 0 aliphatic carbocycles. The lowest BCUT2D eigenvalue weighted by Crippen LogP contribution is -2.42. The first-order valence-electron chi connectivity index (χ1n) is 3.80. The minimum absolute atomic E-state index is 0.0671. The van der Waals surface area contributed by atoms with Crippen LogP contribution in [0.2, 0.25) is 0 Å². The lowest BCUT2D eigenvalue weighted by Gasteiger charge is -2.27. The molecule has 1 fully saturated rings. The second kappa shape index (κ2) is 1.85. The molecule has 0 aromatic carbocycles. The molecule has 0 N–H and O–H groups in total. The van der Waals surface area contributed by atoms with E-state index >= 15 is 0 Å². The molecule has 2 heterocycles. The van der Waals surface area contributed by atoms with Crippen molar-refractivity contribution in [3.8, 4) is 0 Å². The molecule has 0 saturated carbocycles. The number of hydrogen-bond acceptors (Lipinski definition) is 2. The number of nitrogens with zero attached hydrogens (tertiary/aromatic N) is 1. The third-order valence-electron chi connectivity index (χ3n) is 2.31. The van der Waals surface area contributed by atoms with Crippen LogP contribution in [0.1, 0.15) is 13.8 Å². The van der Waals surface area contributed by atoms with Crippen molar-refractivity contribution in [1.82, 2.24) is 4.90 Å². The quantitative estimate of drug-likeness (QED) is 0.507. The second-order valence-electron chi connectivity index (χ2n) is 3.26. The zero-order valence-corrected chi connectivity index (χ0v) is 6.70. The number of fused-ring (bicyclic) bond motifs is 1. The van der Waals surface area contributed by atoms with Crippen molar-refractivity contribution in [1.29, 1.82) is 0 Å². The monoisotopic (exact) mass is 153 g/mol. The number of carbonyl (C=O) groups is 1. The van der Waals surface area contributed by atoms with Crippen LogP contribution in [0.3, 0.4) is 0 Å². The summed E-state index contributed by atoms with van der Waals surface area (Å²) in [5.74, 6) is 0.0671. The summed E-state index contributed by atoms with van der Waals surface area (Å²) in [6.07, 6.45) is 3.40. The smallest absolute Gasteiger partial charge is 0.249 e. The number of ether oxygens (including phenoxy) is 1. The van der Waals surface area contributed by atoms with Gasteiger partial charge in [0.2, 0.25) is 5.91 Å². The molecule has 3 nitrogen and oxygen atoms in total. The van der Waals surface area contributed by atoms with Gasteiger partial charge in [0.05, 0.1) is 12.6 Å². The Morgan fingerprint density at radius 3 is 3.18 bits per heavy atom. The summed E-state index contributed by atoms with van der Waals surface area (Å²) >= 11 is 0. The van der Waals surface area contributed by atoms with Crippen LogP contribution in [0.15, 0.2) is 12.2 Å². The zero-order chi connectivity index (χ0) is 8.06. The molecular weight excluding hydrogens is 142 g/mol. The van der Waals surface area contributed by atoms with Crippen molar-refractivity contribution in [2.75, 3.05) is 6.61 Å². The van der Waals surface area contributed by atoms with Crippen LogP contribution in [0.5, 0.6) is 0 Å². The molecule has 0 aromatic heterocycles. The molecule has 2 atom stereocenters. The molecule has 2 rings (SSSR count). The normalized spacial score (nSPS) is 41.8. The SMILES string of the molecule is C[C@@H]1CO[C@]2(C)C=CC(=O)N12. The van der Waals surface area contributed by atoms with Gasteiger partial charge in [-0.2, -0.15) is 0 Å². The van der Waals surface area contributed by atoms with Crippen molar-refractivity contribution in [2.45, 2.75) is 25.6 Å². The molecule has 11 heavy (non-hydrogen) atoms. The highest BCUT2D eigenvalue weighted by molar-refractivity contribution is 5.91. The van der Waals surface area contributed by atoms with E-state index in [0.717, 1.165) is 0 Å². The Bertz CT molecular complexity index is 236. The van der Waals surface area contributed by atoms with Crippen LogP contribution in [0.4, 0.5) is 0 Å². The van der Waals surface area contributed by atoms with Crippen LogP contribution in [0, 0.1) is 0 Å². The first-order chi connectivity index (χ1) is 5.13. The van der Waals surface area contributed by atoms with Gasteiger partial charge in [0.15, 0.2) is 5.72 Å². The average molecular weight is 153 g/mol. The number of hydrogen-bond donors (Lipinski definition) is 0. The average Bonchev–Trinajstić information content (AvgIpc) is 2.38. The summed E-state index contributed by atoms with van der Waals surface area (Å²) < 4.78 is 5.47. The summed E-state index contributed by atoms with van der Waals surface area (Å²) in [4.78, 5) is 13.0. The van der Waals surface area contributed by atoms with Crippen molar-refractivity contribution >= 4 is 5.91 Å². The summed E-state index contributed by atoms with van der Waals surface area (Å²) in [7, 11) is 0. The fourth-order valence-corrected chi connectivity index (χ4v) is 1.74. The lowest BCUT2D eigenvalue weighted by molar-refractivity contribution is -0.133. The molecule has 0 radical (unpaired) electrons. The maximum atomic E-state index is 11.2. The number of rotatable bonds is 0. The molecule has 1 amide bonds. The van der Waals surface area contributed by atoms with E-state index in [4.69, 9.17) is 4.74 Å². The first kappa shape index (κ1) is 6.85. The zero-order valence-electron chi connectivity index (χ0n) is 6.70. The van der Waals surface area contributed by atoms with E-state index in [1.807, 2.05) is 19.9 Å². The van der Waals surface area contributed by atoms with Gasteiger partial charge >= 0.3 is 0 Å². The van der Waals surface area contributed by atoms with Gasteiger partial charge in [0, 0.05) is 6.08 Å². The van der Waals surface area contributed by atoms with Gasteiger partial charge in [-0.1, -0.05) is 0 Å². The van der Waals surface area contributed by atoms with Gasteiger partial charge in [-0.3, -0.25) is 4.79 Å². The van der Waals surface area contributed by atoms with Crippen molar-refractivity contribution in [3.05, 3.63) is 12.2 Å². The van der Waals surface area contributed by atoms with E-state index in [1.165, 1.54) is 0 Å². The Balaban J connectivity index is 2.36. The number of amides is 1. The molecule has 60 valence electrons. The van der Waals surface area contributed by atoms with Crippen LogP contribution in [-0.2, 0) is 9.53 Å². The van der Waals surface area contributed by atoms with Crippen molar-refractivity contribution < 1.29 is 9.53 Å². The first-order valence-corrected chi connectivity index (χ1v) is 3.80. The van der Waals surface area contributed by atoms with Crippen LogP contribution in [-0.4, -0.2) is 29.2 Å². The Morgan fingerprint density at radius 2 is 2.55 bits per heavy atom. The molecule has 0 aromatic rings. The summed E-state index contributed by atoms with van der Waals surface area (Å²) in [5.41, 5.74) is -0.448. The molecule has 0 bridgehead atoms. The van der Waals surface area contributed by atoms with Gasteiger partial charge in [-0.15, -0.1) is 0 Å². The van der Waals surface area contributed by atoms with E-state index in [2.05, 4.69) is 0 Å². The maximum absolute atomic E-state index is 11.2. The Labute approximate surface area is 65.6 Å². The van der Waals surface area contributed by atoms with E-state index in [0.29, 0.717) is 6.61 Å². The van der Waals surface area contributed by atoms with Crippen molar-refractivity contribution in [3.63, 3.8) is 0 Å². The summed E-state index contributed by atoms with van der Waals surface area (Å²) in [6.45, 7) is 4.56. The number of carbonyl (C=O) groups excluding carboxylic acids is 1. The molecule has 3 heteroatoms. The van der Waals surface area contributed by atoms with Gasteiger partial charge in [0.1, 0.15) is 0 Å². The van der Waals surface area contributed by atoms with Gasteiger partial charge in [0.25, 0.3) is 0 Å². The van der Waals surface area contributed by atoms with Crippen molar-refractivity contribution in [2.24, 2.45) is 0 Å². The van der Waals surface area contributed by atoms with E-state index in [9.17, 15) is 4.79 Å². The molecular formula is C8H11NO2. The van der Waals surface area contributed by atoms with E-state index in [-0.39, 0.29) is 11.9 Å². The summed E-state index contributed by atoms with van der Waals surface area (Å²) in [6, 6.07) is 0.211. The molecule has 0 unspecified atom stereocenters. The minimum Gasteiger partial charge on any atom is -0.350 e.